The van der Waals surface area contributed by atoms with Crippen LogP contribution >= 0.6 is 11.3 Å². The second-order valence-electron chi connectivity index (χ2n) is 5.17. The van der Waals surface area contributed by atoms with Crippen molar-refractivity contribution >= 4 is 27.3 Å². The van der Waals surface area contributed by atoms with Gasteiger partial charge in [0.15, 0.2) is 11.5 Å². The van der Waals surface area contributed by atoms with Gasteiger partial charge in [-0.05, 0) is 36.8 Å². The van der Waals surface area contributed by atoms with E-state index in [-0.39, 0.29) is 9.09 Å². The molecule has 1 atom stereocenters. The number of thiophene rings is 1. The molecule has 3 rings (SSSR count). The van der Waals surface area contributed by atoms with Crippen LogP contribution in [-0.4, -0.2) is 32.7 Å². The molecule has 0 spiro atoms. The van der Waals surface area contributed by atoms with Crippen LogP contribution in [0, 0.1) is 0 Å². The Balaban J connectivity index is 1.80. The normalized spacial score (nSPS) is 15.0. The maximum Gasteiger partial charge on any atom is 0.345 e. The smallest absolute Gasteiger partial charge is 0.345 e. The van der Waals surface area contributed by atoms with E-state index in [1.54, 1.807) is 25.1 Å². The topological polar surface area (TPSA) is 102 Å². The lowest BCUT2D eigenvalue weighted by molar-refractivity contribution is 0.0702. The molecule has 0 amide bonds. The fourth-order valence-electron chi connectivity index (χ4n) is 2.27. The lowest BCUT2D eigenvalue weighted by atomic mass is 10.1. The molecule has 9 heteroatoms. The molecule has 24 heavy (non-hydrogen) atoms. The number of benzene rings is 1. The van der Waals surface area contributed by atoms with Gasteiger partial charge in [-0.1, -0.05) is 6.07 Å². The van der Waals surface area contributed by atoms with Crippen LogP contribution in [-0.2, 0) is 10.0 Å². The fraction of sp³-hybridized carbons (Fsp3) is 0.267. The van der Waals surface area contributed by atoms with E-state index in [0.717, 1.165) is 5.56 Å². The number of sulfonamides is 1. The molecular formula is C15H15NO6S2. The zero-order valence-corrected chi connectivity index (χ0v) is 14.3. The Kier molecular flexibility index (Phi) is 4.48. The van der Waals surface area contributed by atoms with Gasteiger partial charge in [0.05, 0.1) is 0 Å². The predicted octanol–water partition coefficient (Wildman–Crippen LogP) is 2.26. The number of nitrogens with one attached hydrogen (secondary N) is 1. The van der Waals surface area contributed by atoms with Crippen molar-refractivity contribution in [1.29, 1.82) is 0 Å². The highest BCUT2D eigenvalue weighted by molar-refractivity contribution is 7.91. The third-order valence-electron chi connectivity index (χ3n) is 3.46. The van der Waals surface area contributed by atoms with Crippen LogP contribution in [0.25, 0.3) is 0 Å². The van der Waals surface area contributed by atoms with Crippen LogP contribution in [0.5, 0.6) is 11.5 Å². The third kappa shape index (κ3) is 3.37. The molecule has 0 radical (unpaired) electrons. The van der Waals surface area contributed by atoms with Gasteiger partial charge in [0, 0.05) is 6.04 Å². The summed E-state index contributed by atoms with van der Waals surface area (Å²) in [6.45, 7) is 2.64. The number of hydrogen-bond acceptors (Lipinski definition) is 6. The van der Waals surface area contributed by atoms with Gasteiger partial charge in [0.1, 0.15) is 22.3 Å². The third-order valence-corrected chi connectivity index (χ3v) is 6.56. The first kappa shape index (κ1) is 16.7. The summed E-state index contributed by atoms with van der Waals surface area (Å²) < 4.78 is 38.2. The highest BCUT2D eigenvalue weighted by Crippen LogP contribution is 2.33. The van der Waals surface area contributed by atoms with Gasteiger partial charge in [0.25, 0.3) is 10.0 Å². The number of carbonyl (C=O) groups is 1. The SMILES string of the molecule is CC(NS(=O)(=O)c1ccc(C(=O)O)s1)c1ccc2c(c1)OCCO2. The maximum absolute atomic E-state index is 12.4. The fourth-order valence-corrected chi connectivity index (χ4v) is 4.66. The Hall–Kier alpha value is -2.10. The van der Waals surface area contributed by atoms with Crippen LogP contribution in [0.1, 0.15) is 28.2 Å². The Morgan fingerprint density at radius 3 is 2.58 bits per heavy atom. The molecule has 0 saturated carbocycles. The van der Waals surface area contributed by atoms with Gasteiger partial charge in [-0.2, -0.15) is 0 Å². The summed E-state index contributed by atoms with van der Waals surface area (Å²) in [5.74, 6) is 0.0554. The van der Waals surface area contributed by atoms with Crippen LogP contribution in [0.15, 0.2) is 34.5 Å². The second-order valence-corrected chi connectivity index (χ2v) is 8.19. The monoisotopic (exact) mass is 369 g/mol. The quantitative estimate of drug-likeness (QED) is 0.838. The van der Waals surface area contributed by atoms with Gasteiger partial charge in [-0.25, -0.2) is 17.9 Å². The number of ether oxygens (including phenoxy) is 2. The van der Waals surface area contributed by atoms with E-state index in [9.17, 15) is 13.2 Å². The molecule has 1 aliphatic rings. The minimum Gasteiger partial charge on any atom is -0.486 e. The molecule has 2 heterocycles. The van der Waals surface area contributed by atoms with E-state index >= 15 is 0 Å². The largest absolute Gasteiger partial charge is 0.486 e. The number of hydrogen-bond donors (Lipinski definition) is 2. The van der Waals surface area contributed by atoms with Crippen molar-refractivity contribution in [3.05, 3.63) is 40.8 Å². The van der Waals surface area contributed by atoms with Gasteiger partial charge in [0.2, 0.25) is 0 Å². The van der Waals surface area contributed by atoms with Crippen molar-refractivity contribution in [3.8, 4) is 11.5 Å². The number of rotatable bonds is 5. The zero-order valence-electron chi connectivity index (χ0n) is 12.7. The molecule has 7 nitrogen and oxygen atoms in total. The molecule has 2 N–H and O–H groups in total. The summed E-state index contributed by atoms with van der Waals surface area (Å²) in [6, 6.07) is 7.28. The second kappa shape index (κ2) is 6.42. The summed E-state index contributed by atoms with van der Waals surface area (Å²) in [7, 11) is -3.81. The van der Waals surface area contributed by atoms with Crippen LogP contribution in [0.4, 0.5) is 0 Å². The highest BCUT2D eigenvalue weighted by atomic mass is 32.2. The summed E-state index contributed by atoms with van der Waals surface area (Å²) in [4.78, 5) is 10.9. The van der Waals surface area contributed by atoms with Crippen molar-refractivity contribution in [2.75, 3.05) is 13.2 Å². The zero-order chi connectivity index (χ0) is 17.3. The minimum absolute atomic E-state index is 0.0256. The van der Waals surface area contributed by atoms with E-state index < -0.39 is 22.0 Å². The number of carboxylic acids is 1. The molecule has 0 saturated heterocycles. The van der Waals surface area contributed by atoms with Crippen LogP contribution < -0.4 is 14.2 Å². The molecular weight excluding hydrogens is 354 g/mol. The van der Waals surface area contributed by atoms with Crippen molar-refractivity contribution in [2.45, 2.75) is 17.2 Å². The molecule has 128 valence electrons. The first-order valence-corrected chi connectivity index (χ1v) is 9.42. The van der Waals surface area contributed by atoms with Crippen molar-refractivity contribution < 1.29 is 27.8 Å². The van der Waals surface area contributed by atoms with Gasteiger partial charge in [-0.3, -0.25) is 0 Å². The van der Waals surface area contributed by atoms with E-state index in [1.165, 1.54) is 12.1 Å². The number of fused-ring (bicyclic) bond motifs is 1. The predicted molar refractivity (Wildman–Crippen MR) is 87.4 cm³/mol. The number of aromatic carboxylic acids is 1. The maximum atomic E-state index is 12.4. The van der Waals surface area contributed by atoms with Gasteiger partial charge < -0.3 is 14.6 Å². The number of carboxylic acid groups (broad SMARTS) is 1. The molecule has 0 bridgehead atoms. The standard InChI is InChI=1S/C15H15NO6S2/c1-9(10-2-3-11-12(8-10)22-7-6-21-11)16-24(19,20)14-5-4-13(23-14)15(17)18/h2-5,8-9,16H,6-7H2,1H3,(H,17,18). The average Bonchev–Trinajstić information content (AvgIpc) is 3.05. The van der Waals surface area contributed by atoms with Crippen molar-refractivity contribution in [1.82, 2.24) is 4.72 Å². The molecule has 2 aromatic rings. The van der Waals surface area contributed by atoms with Crippen molar-refractivity contribution in [3.63, 3.8) is 0 Å². The molecule has 1 aliphatic heterocycles. The Morgan fingerprint density at radius 1 is 1.21 bits per heavy atom. The lowest BCUT2D eigenvalue weighted by Gasteiger charge is -2.21. The van der Waals surface area contributed by atoms with Crippen LogP contribution in [0.3, 0.4) is 0 Å². The summed E-state index contributed by atoms with van der Waals surface area (Å²) in [5.41, 5.74) is 0.720. The highest BCUT2D eigenvalue weighted by Gasteiger charge is 2.23. The van der Waals surface area contributed by atoms with Gasteiger partial charge in [-0.15, -0.1) is 11.3 Å². The lowest BCUT2D eigenvalue weighted by Crippen LogP contribution is -2.26. The van der Waals surface area contributed by atoms with Gasteiger partial charge >= 0.3 is 5.97 Å². The average molecular weight is 369 g/mol. The van der Waals surface area contributed by atoms with E-state index in [4.69, 9.17) is 14.6 Å². The summed E-state index contributed by atoms with van der Waals surface area (Å²) in [5, 5.41) is 8.91. The van der Waals surface area contributed by atoms with E-state index in [1.807, 2.05) is 0 Å². The Morgan fingerprint density at radius 2 is 1.92 bits per heavy atom. The minimum atomic E-state index is -3.81. The molecule has 1 aromatic carbocycles. The first-order valence-electron chi connectivity index (χ1n) is 7.12. The van der Waals surface area contributed by atoms with Crippen LogP contribution in [0.2, 0.25) is 0 Å². The molecule has 1 unspecified atom stereocenters. The van der Waals surface area contributed by atoms with Crippen molar-refractivity contribution in [2.24, 2.45) is 0 Å². The summed E-state index contributed by atoms with van der Waals surface area (Å²) in [6.07, 6.45) is 0. The Labute approximate surface area is 142 Å². The first-order chi connectivity index (χ1) is 11.4. The van der Waals surface area contributed by atoms with E-state index in [0.29, 0.717) is 36.0 Å². The molecule has 1 aromatic heterocycles. The Bertz CT molecular complexity index is 874. The van der Waals surface area contributed by atoms with E-state index in [2.05, 4.69) is 4.72 Å². The molecule has 0 aliphatic carbocycles. The molecule has 0 fully saturated rings. The summed E-state index contributed by atoms with van der Waals surface area (Å²) >= 11 is 0.713.